The van der Waals surface area contributed by atoms with Crippen molar-refractivity contribution in [3.8, 4) is 0 Å². The maximum absolute atomic E-state index is 14.4. The number of carbonyl (C=O) groups excluding carboxylic acids is 2. The molecule has 0 radical (unpaired) electrons. The molecule has 0 saturated heterocycles. The van der Waals surface area contributed by atoms with Crippen LogP contribution in [0.5, 0.6) is 0 Å². The lowest BCUT2D eigenvalue weighted by molar-refractivity contribution is -0.248. The molecule has 1 N–H and O–H groups in total. The Morgan fingerprint density at radius 1 is 0.853 bits per heavy atom. The van der Waals surface area contributed by atoms with E-state index in [2.05, 4.69) is 0 Å². The third-order valence-electron chi connectivity index (χ3n) is 7.54. The number of esters is 2. The van der Waals surface area contributed by atoms with E-state index in [1.54, 1.807) is 13.8 Å². The van der Waals surface area contributed by atoms with Gasteiger partial charge in [-0.1, -0.05) is 6.92 Å². The normalized spacial score (nSPS) is 31.5. The predicted octanol–water partition coefficient (Wildman–Crippen LogP) is 5.28. The second kappa shape index (κ2) is 8.55. The topological polar surface area (TPSA) is 72.8 Å². The molecule has 5 nitrogen and oxygen atoms in total. The van der Waals surface area contributed by atoms with Gasteiger partial charge >= 0.3 is 17.9 Å². The standard InChI is InChI=1S/C23H32F6O5/c1-4-18(2,3)16(31)33-19-6-14-5-15(7-19)9-20(8-14,10-19)34-17(32)23(28,29)12-21(24,25)11-22(26,27)13-30/h14-15,30H,4-13H2,1-3H3. The van der Waals surface area contributed by atoms with Crippen LogP contribution in [0.2, 0.25) is 0 Å². The molecular weight excluding hydrogens is 470 g/mol. The van der Waals surface area contributed by atoms with Gasteiger partial charge in [0.2, 0.25) is 0 Å². The van der Waals surface area contributed by atoms with Gasteiger partial charge in [0.25, 0.3) is 11.8 Å². The minimum Gasteiger partial charge on any atom is -0.458 e. The Labute approximate surface area is 194 Å². The molecule has 11 heteroatoms. The van der Waals surface area contributed by atoms with Crippen molar-refractivity contribution in [1.29, 1.82) is 0 Å². The van der Waals surface area contributed by atoms with Crippen molar-refractivity contribution in [2.24, 2.45) is 17.3 Å². The van der Waals surface area contributed by atoms with E-state index < -0.39 is 65.8 Å². The van der Waals surface area contributed by atoms with Crippen LogP contribution >= 0.6 is 0 Å². The number of alkyl halides is 6. The molecule has 4 bridgehead atoms. The fraction of sp³-hybridized carbons (Fsp3) is 0.913. The second-order valence-electron chi connectivity index (χ2n) is 11.3. The van der Waals surface area contributed by atoms with Crippen LogP contribution in [0.1, 0.15) is 78.6 Å². The first-order valence-corrected chi connectivity index (χ1v) is 11.6. The first-order chi connectivity index (χ1) is 15.4. The van der Waals surface area contributed by atoms with Crippen molar-refractivity contribution in [2.75, 3.05) is 6.61 Å². The number of carbonyl (C=O) groups is 2. The van der Waals surface area contributed by atoms with Gasteiger partial charge in [0.15, 0.2) is 0 Å². The van der Waals surface area contributed by atoms with Gasteiger partial charge < -0.3 is 14.6 Å². The maximum Gasteiger partial charge on any atom is 0.377 e. The molecule has 2 atom stereocenters. The maximum atomic E-state index is 14.4. The molecule has 196 valence electrons. The van der Waals surface area contributed by atoms with Gasteiger partial charge in [-0.3, -0.25) is 4.79 Å². The van der Waals surface area contributed by atoms with Crippen LogP contribution in [-0.4, -0.2) is 52.6 Å². The average Bonchev–Trinajstić information content (AvgIpc) is 2.64. The molecule has 0 heterocycles. The SMILES string of the molecule is CCC(C)(C)C(=O)OC12CC3CC(C1)CC(OC(=O)C(F)(F)CC(F)(F)CC(F)(F)CO)(C3)C2. The fourth-order valence-electron chi connectivity index (χ4n) is 5.98. The van der Waals surface area contributed by atoms with E-state index >= 15 is 0 Å². The molecule has 4 rings (SSSR count). The number of halogens is 6. The summed E-state index contributed by atoms with van der Waals surface area (Å²) in [6.45, 7) is 3.36. The Morgan fingerprint density at radius 3 is 1.76 bits per heavy atom. The Balaban J connectivity index is 1.74. The molecule has 2 unspecified atom stereocenters. The van der Waals surface area contributed by atoms with E-state index in [9.17, 15) is 35.9 Å². The average molecular weight is 502 g/mol. The molecule has 0 spiro atoms. The van der Waals surface area contributed by atoms with Crippen LogP contribution in [0, 0.1) is 17.3 Å². The lowest BCUT2D eigenvalue weighted by Gasteiger charge is -2.60. The minimum atomic E-state index is -4.72. The van der Waals surface area contributed by atoms with Crippen molar-refractivity contribution in [3.63, 3.8) is 0 Å². The second-order valence-corrected chi connectivity index (χ2v) is 11.3. The summed E-state index contributed by atoms with van der Waals surface area (Å²) in [7, 11) is 0. The van der Waals surface area contributed by atoms with Crippen LogP contribution < -0.4 is 0 Å². The summed E-state index contributed by atoms with van der Waals surface area (Å²) in [6.07, 6.45) is -1.97. The van der Waals surface area contributed by atoms with Crippen molar-refractivity contribution in [3.05, 3.63) is 0 Å². The molecular formula is C23H32F6O5. The van der Waals surface area contributed by atoms with Gasteiger partial charge in [0.1, 0.15) is 17.8 Å². The number of hydrogen-bond acceptors (Lipinski definition) is 5. The quantitative estimate of drug-likeness (QED) is 0.325. The van der Waals surface area contributed by atoms with Crippen LogP contribution in [0.4, 0.5) is 26.3 Å². The fourth-order valence-corrected chi connectivity index (χ4v) is 5.98. The van der Waals surface area contributed by atoms with Crippen molar-refractivity contribution >= 4 is 11.9 Å². The third-order valence-corrected chi connectivity index (χ3v) is 7.54. The van der Waals surface area contributed by atoms with Gasteiger partial charge in [0, 0.05) is 6.42 Å². The molecule has 0 aromatic rings. The third kappa shape index (κ3) is 5.65. The van der Waals surface area contributed by atoms with Gasteiger partial charge in [-0.15, -0.1) is 0 Å². The molecule has 0 aromatic carbocycles. The molecule has 4 fully saturated rings. The molecule has 34 heavy (non-hydrogen) atoms. The first-order valence-electron chi connectivity index (χ1n) is 11.6. The summed E-state index contributed by atoms with van der Waals surface area (Å²) in [5.41, 5.74) is -3.12. The van der Waals surface area contributed by atoms with Crippen LogP contribution in [0.3, 0.4) is 0 Å². The zero-order valence-corrected chi connectivity index (χ0v) is 19.6. The van der Waals surface area contributed by atoms with Crippen molar-refractivity contribution < 1.29 is 50.5 Å². The summed E-state index contributed by atoms with van der Waals surface area (Å²) >= 11 is 0. The van der Waals surface area contributed by atoms with Crippen LogP contribution in [0.15, 0.2) is 0 Å². The molecule has 0 aliphatic heterocycles. The summed E-state index contributed by atoms with van der Waals surface area (Å²) in [6, 6.07) is 0. The zero-order valence-electron chi connectivity index (χ0n) is 19.6. The summed E-state index contributed by atoms with van der Waals surface area (Å²) in [5, 5.41) is 8.46. The zero-order chi connectivity index (χ0) is 25.8. The number of aliphatic hydroxyl groups is 1. The van der Waals surface area contributed by atoms with Crippen LogP contribution in [-0.2, 0) is 19.1 Å². The number of aliphatic hydroxyl groups excluding tert-OH is 1. The highest BCUT2D eigenvalue weighted by Crippen LogP contribution is 2.61. The molecule has 0 aromatic heterocycles. The monoisotopic (exact) mass is 502 g/mol. The lowest BCUT2D eigenvalue weighted by atomic mass is 9.52. The minimum absolute atomic E-state index is 0.000664. The van der Waals surface area contributed by atoms with Crippen molar-refractivity contribution in [1.82, 2.24) is 0 Å². The van der Waals surface area contributed by atoms with Gasteiger partial charge in [-0.2, -0.15) is 8.78 Å². The Hall–Kier alpha value is -1.52. The van der Waals surface area contributed by atoms with Gasteiger partial charge in [-0.05, 0) is 64.2 Å². The van der Waals surface area contributed by atoms with Crippen LogP contribution in [0.25, 0.3) is 0 Å². The molecule has 4 aliphatic carbocycles. The lowest BCUT2D eigenvalue weighted by Crippen LogP contribution is -2.63. The van der Waals surface area contributed by atoms with E-state index in [0.717, 1.165) is 6.42 Å². The molecule has 0 amide bonds. The van der Waals surface area contributed by atoms with E-state index in [1.807, 2.05) is 6.92 Å². The highest BCUT2D eigenvalue weighted by atomic mass is 19.3. The number of rotatable bonds is 10. The molecule has 4 aliphatic rings. The molecule has 4 saturated carbocycles. The smallest absolute Gasteiger partial charge is 0.377 e. The summed E-state index contributed by atoms with van der Waals surface area (Å²) in [4.78, 5) is 25.1. The highest BCUT2D eigenvalue weighted by Gasteiger charge is 2.63. The Kier molecular flexibility index (Phi) is 6.81. The predicted molar refractivity (Wildman–Crippen MR) is 108 cm³/mol. The summed E-state index contributed by atoms with van der Waals surface area (Å²) in [5.74, 6) is -16.3. The Bertz CT molecular complexity index is 798. The number of ether oxygens (including phenoxy) is 2. The largest absolute Gasteiger partial charge is 0.458 e. The highest BCUT2D eigenvalue weighted by molar-refractivity contribution is 5.78. The first kappa shape index (κ1) is 27.1. The van der Waals surface area contributed by atoms with E-state index in [4.69, 9.17) is 14.6 Å². The van der Waals surface area contributed by atoms with Gasteiger partial charge in [-0.25, -0.2) is 22.4 Å². The number of hydrogen-bond donors (Lipinski definition) is 1. The summed E-state index contributed by atoms with van der Waals surface area (Å²) < 4.78 is 94.0. The van der Waals surface area contributed by atoms with E-state index in [0.29, 0.717) is 19.3 Å². The van der Waals surface area contributed by atoms with Crippen molar-refractivity contribution in [2.45, 2.75) is 108 Å². The van der Waals surface area contributed by atoms with E-state index in [-0.39, 0.29) is 31.1 Å². The van der Waals surface area contributed by atoms with Gasteiger partial charge in [0.05, 0.1) is 18.3 Å². The Morgan fingerprint density at radius 2 is 1.32 bits per heavy atom. The van der Waals surface area contributed by atoms with E-state index in [1.165, 1.54) is 0 Å².